The lowest BCUT2D eigenvalue weighted by molar-refractivity contribution is -0.133. The molecule has 2 amide bonds. The molecule has 1 N–H and O–H groups in total. The standard InChI is InChI=1S/C18H23Cl2N5O2/c1-10(2)16(21-17(26)13-7-6-12(19)8-14(13)20)18(27)24(4)9-15-23-22-11(3)25(15)5/h6-8,10,16H,9H2,1-5H3,(H,21,26). The molecule has 0 bridgehead atoms. The summed E-state index contributed by atoms with van der Waals surface area (Å²) in [6.45, 7) is 5.86. The largest absolute Gasteiger partial charge is 0.340 e. The molecule has 1 atom stereocenters. The van der Waals surface area contributed by atoms with E-state index < -0.39 is 11.9 Å². The van der Waals surface area contributed by atoms with E-state index >= 15 is 0 Å². The van der Waals surface area contributed by atoms with E-state index in [4.69, 9.17) is 23.2 Å². The molecule has 1 unspecified atom stereocenters. The second-order valence-corrected chi connectivity index (χ2v) is 7.58. The van der Waals surface area contributed by atoms with Crippen LogP contribution in [-0.4, -0.2) is 44.6 Å². The number of likely N-dealkylation sites (N-methyl/N-ethyl adjacent to an activating group) is 1. The van der Waals surface area contributed by atoms with Gasteiger partial charge in [-0.15, -0.1) is 10.2 Å². The lowest BCUT2D eigenvalue weighted by atomic mass is 10.0. The van der Waals surface area contributed by atoms with Crippen LogP contribution < -0.4 is 5.32 Å². The quantitative estimate of drug-likeness (QED) is 0.792. The van der Waals surface area contributed by atoms with E-state index in [2.05, 4.69) is 15.5 Å². The van der Waals surface area contributed by atoms with Crippen molar-refractivity contribution in [3.63, 3.8) is 0 Å². The molecule has 2 aromatic rings. The normalized spacial score (nSPS) is 12.1. The van der Waals surface area contributed by atoms with Crippen LogP contribution in [0.1, 0.15) is 35.9 Å². The van der Waals surface area contributed by atoms with Gasteiger partial charge >= 0.3 is 0 Å². The number of rotatable bonds is 6. The first-order valence-corrected chi connectivity index (χ1v) is 9.23. The van der Waals surface area contributed by atoms with Crippen LogP contribution in [0, 0.1) is 12.8 Å². The number of hydrogen-bond acceptors (Lipinski definition) is 4. The van der Waals surface area contributed by atoms with Crippen molar-refractivity contribution < 1.29 is 9.59 Å². The van der Waals surface area contributed by atoms with Crippen LogP contribution in [0.25, 0.3) is 0 Å². The molecule has 0 aliphatic carbocycles. The van der Waals surface area contributed by atoms with Crippen molar-refractivity contribution >= 4 is 35.0 Å². The molecular weight excluding hydrogens is 389 g/mol. The van der Waals surface area contributed by atoms with Crippen molar-refractivity contribution in [3.8, 4) is 0 Å². The molecule has 0 spiro atoms. The fourth-order valence-corrected chi connectivity index (χ4v) is 3.02. The van der Waals surface area contributed by atoms with E-state index in [0.717, 1.165) is 5.82 Å². The van der Waals surface area contributed by atoms with Gasteiger partial charge in [0.25, 0.3) is 5.91 Å². The fraction of sp³-hybridized carbons (Fsp3) is 0.444. The SMILES string of the molecule is Cc1nnc(CN(C)C(=O)C(NC(=O)c2ccc(Cl)cc2Cl)C(C)C)n1C. The van der Waals surface area contributed by atoms with Gasteiger partial charge in [0.15, 0.2) is 5.82 Å². The zero-order chi connectivity index (χ0) is 20.3. The molecule has 1 aromatic heterocycles. The molecule has 2 rings (SSSR count). The summed E-state index contributed by atoms with van der Waals surface area (Å²) < 4.78 is 1.82. The lowest BCUT2D eigenvalue weighted by Gasteiger charge is -2.27. The number of nitrogens with one attached hydrogen (secondary N) is 1. The van der Waals surface area contributed by atoms with Crippen LogP contribution in [0.4, 0.5) is 0 Å². The summed E-state index contributed by atoms with van der Waals surface area (Å²) in [7, 11) is 3.51. The Hall–Kier alpha value is -2.12. The molecule has 0 fully saturated rings. The van der Waals surface area contributed by atoms with Crippen LogP contribution in [0.2, 0.25) is 10.0 Å². The number of aryl methyl sites for hydroxylation is 1. The minimum atomic E-state index is -0.705. The molecule has 0 aliphatic rings. The number of amides is 2. The van der Waals surface area contributed by atoms with Gasteiger partial charge in [-0.1, -0.05) is 37.0 Å². The fourth-order valence-electron chi connectivity index (χ4n) is 2.52. The van der Waals surface area contributed by atoms with E-state index in [-0.39, 0.29) is 29.0 Å². The maximum absolute atomic E-state index is 12.9. The van der Waals surface area contributed by atoms with Gasteiger partial charge in [-0.25, -0.2) is 0 Å². The monoisotopic (exact) mass is 411 g/mol. The van der Waals surface area contributed by atoms with Crippen LogP contribution >= 0.6 is 23.2 Å². The first-order valence-electron chi connectivity index (χ1n) is 8.47. The Balaban J connectivity index is 2.14. The topological polar surface area (TPSA) is 80.1 Å². The van der Waals surface area contributed by atoms with Gasteiger partial charge < -0.3 is 14.8 Å². The van der Waals surface area contributed by atoms with Crippen LogP contribution in [0.15, 0.2) is 18.2 Å². The van der Waals surface area contributed by atoms with E-state index in [1.54, 1.807) is 13.1 Å². The predicted molar refractivity (Wildman–Crippen MR) is 105 cm³/mol. The van der Waals surface area contributed by atoms with Gasteiger partial charge in [-0.2, -0.15) is 0 Å². The molecule has 0 radical (unpaired) electrons. The Bertz CT molecular complexity index is 850. The zero-order valence-corrected chi connectivity index (χ0v) is 17.5. The molecule has 146 valence electrons. The molecular formula is C18H23Cl2N5O2. The summed E-state index contributed by atoms with van der Waals surface area (Å²) in [6.07, 6.45) is 0. The third kappa shape index (κ3) is 4.99. The maximum atomic E-state index is 12.9. The number of carbonyl (C=O) groups is 2. The third-order valence-corrected chi connectivity index (χ3v) is 4.88. The Kier molecular flexibility index (Phi) is 6.84. The summed E-state index contributed by atoms with van der Waals surface area (Å²) in [6, 6.07) is 3.90. The van der Waals surface area contributed by atoms with E-state index in [1.165, 1.54) is 17.0 Å². The van der Waals surface area contributed by atoms with Gasteiger partial charge in [0, 0.05) is 19.1 Å². The Morgan fingerprint density at radius 2 is 1.93 bits per heavy atom. The Morgan fingerprint density at radius 3 is 2.44 bits per heavy atom. The predicted octanol–water partition coefficient (Wildman–Crippen LogP) is 2.84. The van der Waals surface area contributed by atoms with Crippen molar-refractivity contribution in [2.45, 2.75) is 33.4 Å². The highest BCUT2D eigenvalue weighted by Crippen LogP contribution is 2.21. The number of aromatic nitrogens is 3. The minimum Gasteiger partial charge on any atom is -0.340 e. The highest BCUT2D eigenvalue weighted by Gasteiger charge is 2.28. The number of hydrogen-bond donors (Lipinski definition) is 1. The number of nitrogens with zero attached hydrogens (tertiary/aromatic N) is 4. The van der Waals surface area contributed by atoms with Crippen molar-refractivity contribution in [2.75, 3.05) is 7.05 Å². The van der Waals surface area contributed by atoms with Gasteiger partial charge in [-0.3, -0.25) is 9.59 Å². The summed E-state index contributed by atoms with van der Waals surface area (Å²) in [4.78, 5) is 27.0. The maximum Gasteiger partial charge on any atom is 0.253 e. The summed E-state index contributed by atoms with van der Waals surface area (Å²) in [5, 5.41) is 11.5. The Morgan fingerprint density at radius 1 is 1.26 bits per heavy atom. The highest BCUT2D eigenvalue weighted by molar-refractivity contribution is 6.36. The Labute approximate surface area is 168 Å². The molecule has 1 aromatic carbocycles. The molecule has 9 heteroatoms. The summed E-state index contributed by atoms with van der Waals surface area (Å²) in [5.41, 5.74) is 0.270. The van der Waals surface area contributed by atoms with Crippen LogP contribution in [-0.2, 0) is 18.4 Å². The number of carbonyl (C=O) groups excluding carboxylic acids is 2. The van der Waals surface area contributed by atoms with Crippen molar-refractivity contribution in [1.29, 1.82) is 0 Å². The van der Waals surface area contributed by atoms with Gasteiger partial charge in [-0.05, 0) is 31.0 Å². The van der Waals surface area contributed by atoms with E-state index in [0.29, 0.717) is 10.8 Å². The number of halogens is 2. The average Bonchev–Trinajstić information content (AvgIpc) is 2.90. The summed E-state index contributed by atoms with van der Waals surface area (Å²) in [5.74, 6) is 0.668. The summed E-state index contributed by atoms with van der Waals surface area (Å²) >= 11 is 12.0. The average molecular weight is 412 g/mol. The van der Waals surface area contributed by atoms with Gasteiger partial charge in [0.05, 0.1) is 17.1 Å². The van der Waals surface area contributed by atoms with Crippen molar-refractivity contribution in [2.24, 2.45) is 13.0 Å². The van der Waals surface area contributed by atoms with E-state index in [9.17, 15) is 9.59 Å². The third-order valence-electron chi connectivity index (χ3n) is 4.33. The van der Waals surface area contributed by atoms with E-state index in [1.807, 2.05) is 32.4 Å². The smallest absolute Gasteiger partial charge is 0.253 e. The van der Waals surface area contributed by atoms with Gasteiger partial charge in [0.1, 0.15) is 11.9 Å². The highest BCUT2D eigenvalue weighted by atomic mass is 35.5. The molecule has 7 nitrogen and oxygen atoms in total. The molecule has 1 heterocycles. The molecule has 27 heavy (non-hydrogen) atoms. The minimum absolute atomic E-state index is 0.115. The zero-order valence-electron chi connectivity index (χ0n) is 16.0. The molecule has 0 saturated heterocycles. The second kappa shape index (κ2) is 8.71. The van der Waals surface area contributed by atoms with Crippen LogP contribution in [0.3, 0.4) is 0 Å². The first kappa shape index (κ1) is 21.2. The molecule has 0 saturated carbocycles. The van der Waals surface area contributed by atoms with Gasteiger partial charge in [0.2, 0.25) is 5.91 Å². The first-order chi connectivity index (χ1) is 12.6. The van der Waals surface area contributed by atoms with Crippen LogP contribution in [0.5, 0.6) is 0 Å². The molecule has 0 aliphatic heterocycles. The second-order valence-electron chi connectivity index (χ2n) is 6.74. The van der Waals surface area contributed by atoms with Crippen molar-refractivity contribution in [3.05, 3.63) is 45.5 Å². The number of benzene rings is 1. The lowest BCUT2D eigenvalue weighted by Crippen LogP contribution is -2.50. The van der Waals surface area contributed by atoms with Crippen molar-refractivity contribution in [1.82, 2.24) is 25.0 Å².